The summed E-state index contributed by atoms with van der Waals surface area (Å²) in [4.78, 5) is 15.1. The minimum absolute atomic E-state index is 0.187. The van der Waals surface area contributed by atoms with Gasteiger partial charge >= 0.3 is 5.97 Å². The number of hydrogen-bond acceptors (Lipinski definition) is 3. The molecule has 0 aliphatic rings. The highest BCUT2D eigenvalue weighted by atomic mass is 16.5. The molecule has 2 atom stereocenters. The van der Waals surface area contributed by atoms with Crippen molar-refractivity contribution in [3.63, 3.8) is 0 Å². The number of H-pyrrole nitrogens is 1. The van der Waals surface area contributed by atoms with Crippen molar-refractivity contribution in [1.82, 2.24) is 4.98 Å². The Morgan fingerprint density at radius 2 is 2.00 bits per heavy atom. The second-order valence-electron chi connectivity index (χ2n) is 6.59. The minimum atomic E-state index is -0.555. The third-order valence-electron chi connectivity index (χ3n) is 4.31. The van der Waals surface area contributed by atoms with Crippen LogP contribution >= 0.6 is 0 Å². The highest BCUT2D eigenvalue weighted by molar-refractivity contribution is 5.80. The number of carbonyl (C=O) groups excluding carboxylic acids is 1. The summed E-state index contributed by atoms with van der Waals surface area (Å²) in [6, 6.07) is 9.99. The average Bonchev–Trinajstić information content (AvgIpc) is 2.95. The quantitative estimate of drug-likeness (QED) is 0.723. The number of benzene rings is 1. The van der Waals surface area contributed by atoms with Crippen molar-refractivity contribution in [2.75, 3.05) is 7.11 Å². The zero-order valence-electron chi connectivity index (χ0n) is 14.2. The van der Waals surface area contributed by atoms with E-state index in [1.165, 1.54) is 7.11 Å². The maximum atomic E-state index is 11.7. The van der Waals surface area contributed by atoms with Crippen LogP contribution in [-0.4, -0.2) is 29.3 Å². The molecule has 0 spiro atoms. The lowest BCUT2D eigenvalue weighted by Crippen LogP contribution is -2.22. The number of methoxy groups -OCH3 is 1. The molecule has 2 unspecified atom stereocenters. The van der Waals surface area contributed by atoms with E-state index in [0.29, 0.717) is 12.3 Å². The lowest BCUT2D eigenvalue weighted by atomic mass is 9.90. The van der Waals surface area contributed by atoms with Crippen LogP contribution < -0.4 is 0 Å². The molecule has 1 aromatic heterocycles. The molecule has 0 bridgehead atoms. The van der Waals surface area contributed by atoms with Crippen molar-refractivity contribution in [2.24, 2.45) is 5.92 Å². The van der Waals surface area contributed by atoms with Gasteiger partial charge in [0, 0.05) is 17.1 Å². The van der Waals surface area contributed by atoms with Gasteiger partial charge < -0.3 is 14.8 Å². The molecule has 2 rings (SSSR count). The molecular formula is C19H27NO3. The van der Waals surface area contributed by atoms with Gasteiger partial charge in [-0.2, -0.15) is 0 Å². The van der Waals surface area contributed by atoms with E-state index in [1.54, 1.807) is 0 Å². The van der Waals surface area contributed by atoms with E-state index >= 15 is 0 Å². The van der Waals surface area contributed by atoms with Gasteiger partial charge in [0.25, 0.3) is 0 Å². The Balaban J connectivity index is 2.17. The number of esters is 1. The number of nitrogens with one attached hydrogen (secondary N) is 1. The predicted molar refractivity (Wildman–Crippen MR) is 92.4 cm³/mol. The normalized spacial score (nSPS) is 14.1. The minimum Gasteiger partial charge on any atom is -0.469 e. The van der Waals surface area contributed by atoms with Crippen LogP contribution in [0.4, 0.5) is 0 Å². The number of aliphatic hydroxyl groups excluding tert-OH is 1. The zero-order valence-corrected chi connectivity index (χ0v) is 14.2. The Labute approximate surface area is 137 Å². The number of para-hydroxylation sites is 1. The molecule has 0 aliphatic carbocycles. The second kappa shape index (κ2) is 8.16. The van der Waals surface area contributed by atoms with Crippen LogP contribution in [0.5, 0.6) is 0 Å². The molecule has 4 heteroatoms. The van der Waals surface area contributed by atoms with Crippen molar-refractivity contribution in [3.8, 4) is 0 Å². The lowest BCUT2D eigenvalue weighted by molar-refractivity contribution is -0.141. The van der Waals surface area contributed by atoms with Crippen LogP contribution in [0.1, 0.15) is 51.1 Å². The second-order valence-corrected chi connectivity index (χ2v) is 6.59. The summed E-state index contributed by atoms with van der Waals surface area (Å²) >= 11 is 0. The highest BCUT2D eigenvalue weighted by Gasteiger charge is 2.26. The van der Waals surface area contributed by atoms with Gasteiger partial charge in [0.1, 0.15) is 0 Å². The largest absolute Gasteiger partial charge is 0.469 e. The molecule has 23 heavy (non-hydrogen) atoms. The number of hydrogen-bond donors (Lipinski definition) is 2. The molecule has 0 fully saturated rings. The number of fused-ring (bicyclic) bond motifs is 1. The fourth-order valence-corrected chi connectivity index (χ4v) is 2.95. The molecule has 1 heterocycles. The average molecular weight is 317 g/mol. The maximum absolute atomic E-state index is 11.7. The molecule has 4 nitrogen and oxygen atoms in total. The molecule has 0 aliphatic heterocycles. The molecule has 0 radical (unpaired) electrons. The number of ether oxygens (including phenoxy) is 1. The molecule has 0 saturated heterocycles. The fourth-order valence-electron chi connectivity index (χ4n) is 2.95. The van der Waals surface area contributed by atoms with Crippen LogP contribution in [0.15, 0.2) is 30.3 Å². The molecule has 1 aromatic carbocycles. The van der Waals surface area contributed by atoms with Gasteiger partial charge in [-0.25, -0.2) is 0 Å². The summed E-state index contributed by atoms with van der Waals surface area (Å²) in [5.41, 5.74) is 1.92. The Morgan fingerprint density at radius 1 is 1.26 bits per heavy atom. The molecule has 2 N–H and O–H groups in total. The molecule has 0 amide bonds. The number of carbonyl (C=O) groups is 1. The van der Waals surface area contributed by atoms with E-state index in [1.807, 2.05) is 30.3 Å². The summed E-state index contributed by atoms with van der Waals surface area (Å²) < 4.78 is 4.81. The SMILES string of the molecule is COC(=O)CC(c1cc2ccccc2[nH]1)C(O)CCCC(C)C. The summed E-state index contributed by atoms with van der Waals surface area (Å²) in [5, 5.41) is 11.7. The number of rotatable bonds is 8. The van der Waals surface area contributed by atoms with Crippen LogP contribution in [0, 0.1) is 5.92 Å². The summed E-state index contributed by atoms with van der Waals surface area (Å²) in [6.45, 7) is 4.35. The molecule has 126 valence electrons. The van der Waals surface area contributed by atoms with Crippen LogP contribution in [0.2, 0.25) is 0 Å². The van der Waals surface area contributed by atoms with E-state index < -0.39 is 6.10 Å². The van der Waals surface area contributed by atoms with Gasteiger partial charge in [-0.1, -0.05) is 44.9 Å². The van der Waals surface area contributed by atoms with E-state index in [2.05, 4.69) is 18.8 Å². The van der Waals surface area contributed by atoms with Gasteiger partial charge in [-0.15, -0.1) is 0 Å². The smallest absolute Gasteiger partial charge is 0.306 e. The van der Waals surface area contributed by atoms with Gasteiger partial charge in [-0.3, -0.25) is 4.79 Å². The number of aromatic nitrogens is 1. The lowest BCUT2D eigenvalue weighted by Gasteiger charge is -2.21. The standard InChI is InChI=1S/C19H27NO3/c1-13(2)7-6-10-18(21)15(12-19(22)23-3)17-11-14-8-4-5-9-16(14)20-17/h4-5,8-9,11,13,15,18,20-21H,6-7,10,12H2,1-3H3. The Kier molecular flexibility index (Phi) is 6.22. The van der Waals surface area contributed by atoms with Crippen molar-refractivity contribution in [1.29, 1.82) is 0 Å². The van der Waals surface area contributed by atoms with Gasteiger partial charge in [0.2, 0.25) is 0 Å². The van der Waals surface area contributed by atoms with Gasteiger partial charge in [-0.05, 0) is 29.9 Å². The fraction of sp³-hybridized carbons (Fsp3) is 0.526. The topological polar surface area (TPSA) is 62.3 Å². The maximum Gasteiger partial charge on any atom is 0.306 e. The van der Waals surface area contributed by atoms with Crippen LogP contribution in [-0.2, 0) is 9.53 Å². The molecule has 2 aromatic rings. The first-order valence-electron chi connectivity index (χ1n) is 8.33. The van der Waals surface area contributed by atoms with Crippen molar-refractivity contribution in [3.05, 3.63) is 36.0 Å². The summed E-state index contributed by atoms with van der Waals surface area (Å²) in [6.07, 6.45) is 2.35. The van der Waals surface area contributed by atoms with Crippen molar-refractivity contribution >= 4 is 16.9 Å². The first kappa shape index (κ1) is 17.5. The first-order chi connectivity index (χ1) is 11.0. The summed E-state index contributed by atoms with van der Waals surface area (Å²) in [7, 11) is 1.38. The van der Waals surface area contributed by atoms with Crippen molar-refractivity contribution in [2.45, 2.75) is 51.6 Å². The van der Waals surface area contributed by atoms with Crippen LogP contribution in [0.25, 0.3) is 10.9 Å². The van der Waals surface area contributed by atoms with Crippen LogP contribution in [0.3, 0.4) is 0 Å². The Bertz CT molecular complexity index is 599. The third-order valence-corrected chi connectivity index (χ3v) is 4.31. The van der Waals surface area contributed by atoms with E-state index in [0.717, 1.165) is 29.4 Å². The van der Waals surface area contributed by atoms with Crippen molar-refractivity contribution < 1.29 is 14.6 Å². The first-order valence-corrected chi connectivity index (χ1v) is 8.33. The zero-order chi connectivity index (χ0) is 16.8. The van der Waals surface area contributed by atoms with Gasteiger partial charge in [0.15, 0.2) is 0 Å². The van der Waals surface area contributed by atoms with E-state index in [9.17, 15) is 9.90 Å². The Morgan fingerprint density at radius 3 is 2.65 bits per heavy atom. The Hall–Kier alpha value is -1.81. The number of aliphatic hydroxyl groups is 1. The monoisotopic (exact) mass is 317 g/mol. The van der Waals surface area contributed by atoms with E-state index in [4.69, 9.17) is 4.74 Å². The summed E-state index contributed by atoms with van der Waals surface area (Å²) in [5.74, 6) is 0.0629. The predicted octanol–water partition coefficient (Wildman–Crippen LogP) is 4.00. The molecular weight excluding hydrogens is 290 g/mol. The van der Waals surface area contributed by atoms with E-state index in [-0.39, 0.29) is 18.3 Å². The third kappa shape index (κ3) is 4.83. The highest BCUT2D eigenvalue weighted by Crippen LogP contribution is 2.29. The van der Waals surface area contributed by atoms with Gasteiger partial charge in [0.05, 0.1) is 19.6 Å². The molecule has 0 saturated carbocycles. The number of aromatic amines is 1.